The van der Waals surface area contributed by atoms with Crippen LogP contribution in [-0.4, -0.2) is 35.0 Å². The third-order valence-corrected chi connectivity index (χ3v) is 8.40. The van der Waals surface area contributed by atoms with Crippen molar-refractivity contribution in [2.75, 3.05) is 26.0 Å². The zero-order chi connectivity index (χ0) is 19.2. The lowest BCUT2D eigenvalue weighted by Gasteiger charge is -2.54. The van der Waals surface area contributed by atoms with Crippen molar-refractivity contribution < 1.29 is 13.2 Å². The number of amides is 1. The Morgan fingerprint density at radius 3 is 2.22 bits per heavy atom. The summed E-state index contributed by atoms with van der Waals surface area (Å²) in [4.78, 5) is 12.4. The first-order valence-electron chi connectivity index (χ1n) is 9.94. The van der Waals surface area contributed by atoms with E-state index in [0.717, 1.165) is 30.2 Å². The van der Waals surface area contributed by atoms with Crippen LogP contribution >= 0.6 is 0 Å². The van der Waals surface area contributed by atoms with Gasteiger partial charge >= 0.3 is 0 Å². The second kappa shape index (κ2) is 7.09. The van der Waals surface area contributed by atoms with Crippen molar-refractivity contribution in [2.24, 2.45) is 29.6 Å². The highest BCUT2D eigenvalue weighted by molar-refractivity contribution is 7.89. The number of rotatable bonds is 6. The number of sulfonamides is 1. The second-order valence-corrected chi connectivity index (χ2v) is 10.4. The Labute approximate surface area is 161 Å². The van der Waals surface area contributed by atoms with E-state index in [0.29, 0.717) is 17.2 Å². The summed E-state index contributed by atoms with van der Waals surface area (Å²) in [5.41, 5.74) is 1.08. The summed E-state index contributed by atoms with van der Waals surface area (Å²) >= 11 is 0. The third-order valence-electron chi connectivity index (χ3n) is 6.99. The maximum atomic E-state index is 12.3. The molecule has 4 saturated carbocycles. The number of nitrogens with one attached hydrogen (secondary N) is 3. The maximum Gasteiger partial charge on any atom is 0.253 e. The van der Waals surface area contributed by atoms with Gasteiger partial charge in [0.05, 0.1) is 10.5 Å². The molecule has 4 aliphatic carbocycles. The summed E-state index contributed by atoms with van der Waals surface area (Å²) in [5, 5.41) is 6.09. The van der Waals surface area contributed by atoms with E-state index >= 15 is 0 Å². The molecule has 4 bridgehead atoms. The molecule has 4 fully saturated rings. The van der Waals surface area contributed by atoms with Gasteiger partial charge in [0.1, 0.15) is 0 Å². The number of carbonyl (C=O) groups is 1. The fraction of sp³-hybridized carbons (Fsp3) is 0.650. The molecule has 0 radical (unpaired) electrons. The summed E-state index contributed by atoms with van der Waals surface area (Å²) in [6, 6.07) is 4.71. The lowest BCUT2D eigenvalue weighted by atomic mass is 9.52. The van der Waals surface area contributed by atoms with Crippen LogP contribution < -0.4 is 15.4 Å². The fourth-order valence-electron chi connectivity index (χ4n) is 5.88. The number of carbonyl (C=O) groups excluding carboxylic acids is 1. The normalized spacial score (nSPS) is 31.7. The van der Waals surface area contributed by atoms with Gasteiger partial charge in [0.25, 0.3) is 5.91 Å². The van der Waals surface area contributed by atoms with Crippen LogP contribution in [0.2, 0.25) is 0 Å². The average Bonchev–Trinajstić information content (AvgIpc) is 2.66. The lowest BCUT2D eigenvalue weighted by Crippen LogP contribution is -2.47. The Kier molecular flexibility index (Phi) is 4.93. The Balaban J connectivity index is 1.54. The molecule has 5 rings (SSSR count). The average molecular weight is 392 g/mol. The van der Waals surface area contributed by atoms with E-state index in [9.17, 15) is 13.2 Å². The fourth-order valence-corrected chi connectivity index (χ4v) is 6.64. The van der Waals surface area contributed by atoms with Crippen LogP contribution in [0.15, 0.2) is 23.1 Å². The van der Waals surface area contributed by atoms with Gasteiger partial charge in [-0.15, -0.1) is 0 Å². The monoisotopic (exact) mass is 391 g/mol. The molecule has 148 valence electrons. The highest BCUT2D eigenvalue weighted by Gasteiger charge is 2.47. The minimum absolute atomic E-state index is 0.101. The first kappa shape index (κ1) is 18.7. The van der Waals surface area contributed by atoms with E-state index in [-0.39, 0.29) is 10.8 Å². The van der Waals surface area contributed by atoms with Gasteiger partial charge in [0.2, 0.25) is 10.0 Å². The lowest BCUT2D eigenvalue weighted by molar-refractivity contribution is -0.0305. The zero-order valence-corrected chi connectivity index (χ0v) is 16.8. The van der Waals surface area contributed by atoms with Gasteiger partial charge in [-0.25, -0.2) is 13.1 Å². The van der Waals surface area contributed by atoms with Crippen LogP contribution in [0.25, 0.3) is 0 Å². The Morgan fingerprint density at radius 2 is 1.67 bits per heavy atom. The molecule has 6 nitrogen and oxygen atoms in total. The molecule has 1 amide bonds. The van der Waals surface area contributed by atoms with Gasteiger partial charge in [-0.05, 0) is 86.9 Å². The van der Waals surface area contributed by atoms with Gasteiger partial charge < -0.3 is 10.6 Å². The van der Waals surface area contributed by atoms with Gasteiger partial charge in [-0.1, -0.05) is 0 Å². The number of anilines is 1. The number of benzene rings is 1. The minimum atomic E-state index is -3.59. The number of hydrogen-bond acceptors (Lipinski definition) is 4. The zero-order valence-electron chi connectivity index (χ0n) is 16.0. The molecule has 4 aliphatic rings. The van der Waals surface area contributed by atoms with E-state index in [1.165, 1.54) is 45.2 Å². The quantitative estimate of drug-likeness (QED) is 0.695. The summed E-state index contributed by atoms with van der Waals surface area (Å²) in [6.45, 7) is 0.858. The van der Waals surface area contributed by atoms with Crippen LogP contribution in [0.1, 0.15) is 42.5 Å². The number of hydrogen-bond donors (Lipinski definition) is 3. The largest absolute Gasteiger partial charge is 0.384 e. The van der Waals surface area contributed by atoms with Gasteiger partial charge in [-0.3, -0.25) is 4.79 Å². The molecule has 0 spiro atoms. The Morgan fingerprint density at radius 1 is 1.04 bits per heavy atom. The molecule has 7 heteroatoms. The predicted molar refractivity (Wildman–Crippen MR) is 105 cm³/mol. The van der Waals surface area contributed by atoms with Crippen molar-refractivity contribution in [1.82, 2.24) is 10.0 Å². The van der Waals surface area contributed by atoms with Crippen molar-refractivity contribution in [3.8, 4) is 0 Å². The van der Waals surface area contributed by atoms with E-state index in [2.05, 4.69) is 15.4 Å². The van der Waals surface area contributed by atoms with Crippen molar-refractivity contribution in [3.63, 3.8) is 0 Å². The first-order chi connectivity index (χ1) is 12.9. The van der Waals surface area contributed by atoms with Crippen LogP contribution in [0.5, 0.6) is 0 Å². The molecule has 27 heavy (non-hydrogen) atoms. The van der Waals surface area contributed by atoms with Crippen LogP contribution in [-0.2, 0) is 10.0 Å². The predicted octanol–water partition coefficient (Wildman–Crippen LogP) is 2.44. The molecule has 1 aromatic rings. The van der Waals surface area contributed by atoms with E-state index < -0.39 is 10.0 Å². The van der Waals surface area contributed by atoms with Crippen molar-refractivity contribution >= 4 is 21.6 Å². The van der Waals surface area contributed by atoms with E-state index in [1.54, 1.807) is 19.2 Å². The highest BCUT2D eigenvalue weighted by atomic mass is 32.2. The summed E-state index contributed by atoms with van der Waals surface area (Å²) in [5.74, 6) is 3.88. The standard InChI is InChI=1S/C20H29N3O3S/c1-21-20(24)17-10-16(27(25,26)22-2)3-4-19(17)23-11-18-14-6-12-5-13(8-14)9-15(18)7-12/h3-4,10,12-15,18,22-23H,5-9,11H2,1-2H3,(H,21,24). The van der Waals surface area contributed by atoms with Crippen LogP contribution in [0, 0.1) is 29.6 Å². The minimum Gasteiger partial charge on any atom is -0.384 e. The van der Waals surface area contributed by atoms with Crippen LogP contribution in [0.4, 0.5) is 5.69 Å². The van der Waals surface area contributed by atoms with Gasteiger partial charge in [0.15, 0.2) is 0 Å². The topological polar surface area (TPSA) is 87.3 Å². The maximum absolute atomic E-state index is 12.3. The van der Waals surface area contributed by atoms with Crippen molar-refractivity contribution in [3.05, 3.63) is 23.8 Å². The van der Waals surface area contributed by atoms with E-state index in [1.807, 2.05) is 0 Å². The highest BCUT2D eigenvalue weighted by Crippen LogP contribution is 2.56. The molecule has 0 atom stereocenters. The Hall–Kier alpha value is -1.60. The van der Waals surface area contributed by atoms with Gasteiger partial charge in [0, 0.05) is 19.3 Å². The van der Waals surface area contributed by atoms with Gasteiger partial charge in [-0.2, -0.15) is 0 Å². The summed E-state index contributed by atoms with van der Waals surface area (Å²) in [7, 11) is -0.659. The molecular formula is C20H29N3O3S. The van der Waals surface area contributed by atoms with Crippen LogP contribution in [0.3, 0.4) is 0 Å². The van der Waals surface area contributed by atoms with E-state index in [4.69, 9.17) is 0 Å². The molecule has 0 heterocycles. The molecule has 0 aromatic heterocycles. The smallest absolute Gasteiger partial charge is 0.253 e. The molecule has 0 aliphatic heterocycles. The molecular weight excluding hydrogens is 362 g/mol. The van der Waals surface area contributed by atoms with Crippen molar-refractivity contribution in [2.45, 2.75) is 37.0 Å². The first-order valence-corrected chi connectivity index (χ1v) is 11.4. The summed E-state index contributed by atoms with van der Waals surface area (Å²) < 4.78 is 26.5. The third kappa shape index (κ3) is 3.47. The summed E-state index contributed by atoms with van der Waals surface area (Å²) in [6.07, 6.45) is 6.89. The SMILES string of the molecule is CNC(=O)c1cc(S(=O)(=O)NC)ccc1NCC1C2CC3CC(C2)CC1C3. The Bertz CT molecular complexity index is 809. The molecule has 0 unspecified atom stereocenters. The van der Waals surface area contributed by atoms with Crippen molar-refractivity contribution in [1.29, 1.82) is 0 Å². The molecule has 3 N–H and O–H groups in total. The molecule has 1 aromatic carbocycles. The second-order valence-electron chi connectivity index (χ2n) is 8.47. The molecule has 0 saturated heterocycles.